The number of nitrogens with zero attached hydrogens (tertiary/aromatic N) is 4. The standard InChI is InChI=1S/C21H23ClFN5O3/c22-16-7-15(28-11-17(29)18(30)12-28)10-25-20(16)14-3-5-27(6-4-14)21(31)26-19-2-1-13(8-23)9-24-19/h1-3,7,9-10,17-18,29-30H,4-6,8,11-12H2,(H,24,26,31)/t17-,18+. The summed E-state index contributed by atoms with van der Waals surface area (Å²) < 4.78 is 12.6. The van der Waals surface area contributed by atoms with Crippen LogP contribution in [0.5, 0.6) is 0 Å². The van der Waals surface area contributed by atoms with E-state index in [-0.39, 0.29) is 6.03 Å². The highest BCUT2D eigenvalue weighted by atomic mass is 35.5. The number of rotatable bonds is 4. The summed E-state index contributed by atoms with van der Waals surface area (Å²) in [5.41, 5.74) is 2.81. The second-order valence-corrected chi connectivity index (χ2v) is 8.01. The predicted molar refractivity (Wildman–Crippen MR) is 116 cm³/mol. The Morgan fingerprint density at radius 2 is 2.00 bits per heavy atom. The maximum atomic E-state index is 12.6. The summed E-state index contributed by atoms with van der Waals surface area (Å²) in [6.45, 7) is 0.951. The molecule has 2 aliphatic rings. The minimum Gasteiger partial charge on any atom is -0.389 e. The van der Waals surface area contributed by atoms with Crippen LogP contribution in [0.2, 0.25) is 5.02 Å². The second-order valence-electron chi connectivity index (χ2n) is 7.60. The number of aliphatic hydroxyl groups is 2. The normalized spacial score (nSPS) is 21.2. The lowest BCUT2D eigenvalue weighted by Crippen LogP contribution is -2.38. The van der Waals surface area contributed by atoms with Gasteiger partial charge in [0.05, 0.1) is 34.8 Å². The number of nitrogens with one attached hydrogen (secondary N) is 1. The molecule has 1 saturated heterocycles. The molecule has 1 fully saturated rings. The summed E-state index contributed by atoms with van der Waals surface area (Å²) in [5, 5.41) is 22.7. The number of aliphatic hydroxyl groups excluding tert-OH is 2. The average Bonchev–Trinajstić information content (AvgIpc) is 3.12. The van der Waals surface area contributed by atoms with Gasteiger partial charge in [-0.15, -0.1) is 0 Å². The number of alkyl halides is 1. The van der Waals surface area contributed by atoms with Crippen molar-refractivity contribution in [3.8, 4) is 0 Å². The first-order valence-electron chi connectivity index (χ1n) is 9.97. The quantitative estimate of drug-likeness (QED) is 0.665. The molecule has 10 heteroatoms. The first kappa shape index (κ1) is 21.5. The highest BCUT2D eigenvalue weighted by molar-refractivity contribution is 6.32. The molecular weight excluding hydrogens is 425 g/mol. The third-order valence-corrected chi connectivity index (χ3v) is 5.75. The molecule has 4 heterocycles. The van der Waals surface area contributed by atoms with Crippen LogP contribution in [-0.2, 0) is 6.67 Å². The Kier molecular flexibility index (Phi) is 6.35. The van der Waals surface area contributed by atoms with Gasteiger partial charge in [-0.3, -0.25) is 10.3 Å². The van der Waals surface area contributed by atoms with E-state index in [2.05, 4.69) is 15.3 Å². The largest absolute Gasteiger partial charge is 0.389 e. The summed E-state index contributed by atoms with van der Waals surface area (Å²) in [7, 11) is 0. The Hall–Kier alpha value is -2.75. The zero-order chi connectivity index (χ0) is 22.0. The molecule has 0 saturated carbocycles. The van der Waals surface area contributed by atoms with Crippen LogP contribution in [0.25, 0.3) is 5.57 Å². The van der Waals surface area contributed by atoms with Gasteiger partial charge in [-0.25, -0.2) is 14.2 Å². The van der Waals surface area contributed by atoms with Crippen molar-refractivity contribution < 1.29 is 19.4 Å². The van der Waals surface area contributed by atoms with Gasteiger partial charge in [0, 0.05) is 37.9 Å². The van der Waals surface area contributed by atoms with Gasteiger partial charge in [0.2, 0.25) is 0 Å². The zero-order valence-electron chi connectivity index (χ0n) is 16.7. The molecule has 0 spiro atoms. The number of aromatic nitrogens is 2. The molecule has 8 nitrogen and oxygen atoms in total. The van der Waals surface area contributed by atoms with Crippen LogP contribution in [0.15, 0.2) is 36.7 Å². The van der Waals surface area contributed by atoms with Gasteiger partial charge >= 0.3 is 6.03 Å². The van der Waals surface area contributed by atoms with Gasteiger partial charge in [-0.2, -0.15) is 0 Å². The zero-order valence-corrected chi connectivity index (χ0v) is 17.5. The molecule has 2 amide bonds. The van der Waals surface area contributed by atoms with Crippen molar-refractivity contribution in [3.05, 3.63) is 52.9 Å². The van der Waals surface area contributed by atoms with Crippen molar-refractivity contribution in [1.29, 1.82) is 0 Å². The fraction of sp³-hybridized carbons (Fsp3) is 0.381. The van der Waals surface area contributed by atoms with Crippen LogP contribution in [0, 0.1) is 0 Å². The van der Waals surface area contributed by atoms with Gasteiger partial charge in [0.25, 0.3) is 0 Å². The number of carbonyl (C=O) groups excluding carboxylic acids is 1. The molecule has 4 rings (SSSR count). The van der Waals surface area contributed by atoms with Crippen molar-refractivity contribution in [2.45, 2.75) is 25.3 Å². The van der Waals surface area contributed by atoms with Crippen LogP contribution in [-0.4, -0.2) is 69.5 Å². The number of halogens is 2. The summed E-state index contributed by atoms with van der Waals surface area (Å²) in [5.74, 6) is 0.370. The lowest BCUT2D eigenvalue weighted by molar-refractivity contribution is 0.0572. The fourth-order valence-electron chi connectivity index (χ4n) is 3.65. The van der Waals surface area contributed by atoms with Crippen molar-refractivity contribution in [1.82, 2.24) is 14.9 Å². The number of hydrogen-bond acceptors (Lipinski definition) is 6. The van der Waals surface area contributed by atoms with Crippen molar-refractivity contribution >= 4 is 34.7 Å². The number of amides is 2. The molecule has 2 aliphatic heterocycles. The van der Waals surface area contributed by atoms with Gasteiger partial charge in [0.15, 0.2) is 0 Å². The molecule has 31 heavy (non-hydrogen) atoms. The van der Waals surface area contributed by atoms with E-state index >= 15 is 0 Å². The highest BCUT2D eigenvalue weighted by Crippen LogP contribution is 2.31. The van der Waals surface area contributed by atoms with Gasteiger partial charge < -0.3 is 20.0 Å². The third-order valence-electron chi connectivity index (χ3n) is 5.47. The van der Waals surface area contributed by atoms with Crippen LogP contribution < -0.4 is 10.2 Å². The summed E-state index contributed by atoms with van der Waals surface area (Å²) in [6, 6.07) is 4.65. The van der Waals surface area contributed by atoms with E-state index < -0.39 is 18.9 Å². The minimum atomic E-state index is -0.784. The second kappa shape index (κ2) is 9.17. The van der Waals surface area contributed by atoms with E-state index in [0.717, 1.165) is 11.3 Å². The van der Waals surface area contributed by atoms with Crippen molar-refractivity contribution in [2.75, 3.05) is 36.4 Å². The van der Waals surface area contributed by atoms with Gasteiger partial charge in [-0.1, -0.05) is 23.7 Å². The van der Waals surface area contributed by atoms with Crippen molar-refractivity contribution in [3.63, 3.8) is 0 Å². The van der Waals surface area contributed by atoms with Gasteiger partial charge in [-0.05, 0) is 24.1 Å². The number of pyridine rings is 2. The first-order valence-corrected chi connectivity index (χ1v) is 10.3. The van der Waals surface area contributed by atoms with Crippen molar-refractivity contribution in [2.24, 2.45) is 0 Å². The molecule has 2 atom stereocenters. The van der Waals surface area contributed by atoms with E-state index in [4.69, 9.17) is 11.6 Å². The van der Waals surface area contributed by atoms with Crippen LogP contribution in [0.1, 0.15) is 17.7 Å². The maximum absolute atomic E-state index is 12.6. The summed E-state index contributed by atoms with van der Waals surface area (Å²) >= 11 is 6.46. The SMILES string of the molecule is O=C(Nc1ccc(CF)cn1)N1CC=C(c2ncc(N3C[C@@H](O)[C@@H](O)C3)cc2Cl)CC1. The monoisotopic (exact) mass is 447 g/mol. The van der Waals surface area contributed by atoms with E-state index in [1.807, 2.05) is 11.0 Å². The smallest absolute Gasteiger partial charge is 0.323 e. The molecule has 0 aromatic carbocycles. The fourth-order valence-corrected chi connectivity index (χ4v) is 3.93. The molecule has 0 aliphatic carbocycles. The molecule has 0 radical (unpaired) electrons. The Labute approximate surface area is 184 Å². The maximum Gasteiger partial charge on any atom is 0.323 e. The number of β-amino-alcohol motifs (C(OH)–C–C–N with tert-alkyl or cyclic N) is 2. The average molecular weight is 448 g/mol. The Bertz CT molecular complexity index is 977. The number of anilines is 2. The molecule has 3 N–H and O–H groups in total. The van der Waals surface area contributed by atoms with Crippen LogP contribution >= 0.6 is 11.6 Å². The lowest BCUT2D eigenvalue weighted by atomic mass is 10.0. The molecule has 2 aromatic heterocycles. The van der Waals surface area contributed by atoms with E-state index in [1.165, 1.54) is 6.20 Å². The summed E-state index contributed by atoms with van der Waals surface area (Å²) in [4.78, 5) is 24.5. The lowest BCUT2D eigenvalue weighted by Gasteiger charge is -2.27. The Morgan fingerprint density at radius 1 is 1.23 bits per heavy atom. The number of urea groups is 1. The number of carbonyl (C=O) groups is 1. The van der Waals surface area contributed by atoms with E-state index in [9.17, 15) is 19.4 Å². The summed E-state index contributed by atoms with van der Waals surface area (Å²) in [6.07, 6.45) is 4.01. The Morgan fingerprint density at radius 3 is 2.58 bits per heavy atom. The van der Waals surface area contributed by atoms with E-state index in [1.54, 1.807) is 29.3 Å². The minimum absolute atomic E-state index is 0.281. The number of hydrogen-bond donors (Lipinski definition) is 3. The molecule has 2 aromatic rings. The third kappa shape index (κ3) is 4.79. The van der Waals surface area contributed by atoms with Gasteiger partial charge in [0.1, 0.15) is 12.5 Å². The van der Waals surface area contributed by atoms with Crippen LogP contribution in [0.4, 0.5) is 20.7 Å². The Balaban J connectivity index is 1.39. The molecule has 0 bridgehead atoms. The molecule has 0 unspecified atom stereocenters. The topological polar surface area (TPSA) is 102 Å². The molecule has 164 valence electrons. The van der Waals surface area contributed by atoms with E-state index in [0.29, 0.717) is 54.7 Å². The highest BCUT2D eigenvalue weighted by Gasteiger charge is 2.30. The predicted octanol–water partition coefficient (Wildman–Crippen LogP) is 2.46. The van der Waals surface area contributed by atoms with Crippen LogP contribution in [0.3, 0.4) is 0 Å². The molecular formula is C21H23ClFN5O3. The first-order chi connectivity index (χ1) is 14.9.